The number of hydrogen-bond donors (Lipinski definition) is 0. The molecule has 0 saturated heterocycles. The van der Waals surface area contributed by atoms with Crippen LogP contribution >= 0.6 is 11.6 Å². The molecule has 1 nitrogen and oxygen atoms in total. The first kappa shape index (κ1) is 6.43. The first-order chi connectivity index (χ1) is 4.33. The predicted molar refractivity (Wildman–Crippen MR) is 38.0 cm³/mol. The number of rotatable bonds is 1. The predicted octanol–water partition coefficient (Wildman–Crippen LogP) is 2.12. The third kappa shape index (κ3) is 1.61. The Bertz CT molecular complexity index is 181. The Morgan fingerprint density at radius 1 is 1.56 bits per heavy atom. The van der Waals surface area contributed by atoms with Gasteiger partial charge in [0, 0.05) is 6.07 Å². The van der Waals surface area contributed by atoms with Crippen LogP contribution in [0.1, 0.15) is 5.69 Å². The van der Waals surface area contributed by atoms with Gasteiger partial charge in [-0.1, -0.05) is 18.0 Å². The zero-order valence-corrected chi connectivity index (χ0v) is 5.60. The minimum atomic E-state index is 0.653. The number of aromatic nitrogens is 1. The number of halogens is 1. The van der Waals surface area contributed by atoms with E-state index in [0.717, 1.165) is 5.69 Å². The Balaban J connectivity index is 2.88. The van der Waals surface area contributed by atoms with Crippen molar-refractivity contribution >= 4 is 11.6 Å². The molecule has 0 saturated carbocycles. The molecular formula is C7H6ClN. The van der Waals surface area contributed by atoms with Gasteiger partial charge in [0.05, 0.1) is 17.3 Å². The van der Waals surface area contributed by atoms with Crippen LogP contribution in [0.4, 0.5) is 0 Å². The highest BCUT2D eigenvalue weighted by molar-refractivity contribution is 6.30. The summed E-state index contributed by atoms with van der Waals surface area (Å²) in [6.45, 7) is 3.56. The molecule has 9 heavy (non-hydrogen) atoms. The Morgan fingerprint density at radius 2 is 2.33 bits per heavy atom. The van der Waals surface area contributed by atoms with Gasteiger partial charge in [-0.15, -0.1) is 0 Å². The molecule has 0 atom stereocenters. The van der Waals surface area contributed by atoms with E-state index in [-0.39, 0.29) is 0 Å². The lowest BCUT2D eigenvalue weighted by Gasteiger charge is -1.87. The van der Waals surface area contributed by atoms with E-state index >= 15 is 0 Å². The first-order valence-corrected chi connectivity index (χ1v) is 2.95. The van der Waals surface area contributed by atoms with Crippen LogP contribution in [0, 0.1) is 13.3 Å². The van der Waals surface area contributed by atoms with Crippen LogP contribution in [0.5, 0.6) is 0 Å². The highest BCUT2D eigenvalue weighted by Gasteiger charge is 1.93. The minimum absolute atomic E-state index is 0.653. The number of hydrogen-bond acceptors (Lipinski definition) is 1. The second-order valence-corrected chi connectivity index (χ2v) is 2.04. The van der Waals surface area contributed by atoms with Crippen molar-refractivity contribution in [1.82, 2.24) is 4.98 Å². The molecule has 0 bridgehead atoms. The van der Waals surface area contributed by atoms with E-state index in [4.69, 9.17) is 11.6 Å². The van der Waals surface area contributed by atoms with Gasteiger partial charge in [-0.25, -0.2) is 11.9 Å². The van der Waals surface area contributed by atoms with E-state index < -0.39 is 0 Å². The van der Waals surface area contributed by atoms with Crippen molar-refractivity contribution in [3.05, 3.63) is 42.4 Å². The van der Waals surface area contributed by atoms with E-state index in [9.17, 15) is 0 Å². The summed E-state index contributed by atoms with van der Waals surface area (Å²) < 4.78 is 0. The van der Waals surface area contributed by atoms with Gasteiger partial charge in [-0.3, -0.25) is 0 Å². The highest BCUT2D eigenvalue weighted by Crippen LogP contribution is 2.06. The zero-order chi connectivity index (χ0) is 6.69. The monoisotopic (exact) mass is 139 g/mol. The second-order valence-electron chi connectivity index (χ2n) is 1.61. The van der Waals surface area contributed by atoms with Crippen LogP contribution in [0.25, 0.3) is 0 Å². The van der Waals surface area contributed by atoms with Crippen molar-refractivity contribution in [1.29, 1.82) is 0 Å². The van der Waals surface area contributed by atoms with E-state index in [2.05, 4.69) is 11.9 Å². The molecule has 0 radical (unpaired) electrons. The van der Waals surface area contributed by atoms with Crippen LogP contribution in [0.15, 0.2) is 18.3 Å². The normalized spacial score (nSPS) is 9.11. The molecule has 0 spiro atoms. The average Bonchev–Trinajstić information content (AvgIpc) is 1.90. The summed E-state index contributed by atoms with van der Waals surface area (Å²) in [5, 5.41) is 0.653. The number of pyridine rings is 1. The summed E-state index contributed by atoms with van der Waals surface area (Å²) in [6, 6.07) is 3.60. The fraction of sp³-hybridized carbons (Fsp3) is 0. The molecule has 1 heterocycles. The fourth-order valence-corrected chi connectivity index (χ4v) is 0.620. The number of nitrogens with zero attached hydrogens (tertiary/aromatic N) is 1. The zero-order valence-electron chi connectivity index (χ0n) is 4.84. The Labute approximate surface area is 59.7 Å². The van der Waals surface area contributed by atoms with Crippen molar-refractivity contribution in [2.75, 3.05) is 0 Å². The summed E-state index contributed by atoms with van der Waals surface area (Å²) in [5.74, 6) is 0. The molecule has 0 aliphatic rings. The SMILES string of the molecule is [CH2-][CH+]c1ccc(Cl)cn1. The van der Waals surface area contributed by atoms with Crippen LogP contribution < -0.4 is 0 Å². The smallest absolute Gasteiger partial charge is 0.187 e. The summed E-state index contributed by atoms with van der Waals surface area (Å²) >= 11 is 5.57. The molecule has 2 heteroatoms. The summed E-state index contributed by atoms with van der Waals surface area (Å²) in [4.78, 5) is 3.95. The third-order valence-electron chi connectivity index (χ3n) is 0.959. The van der Waals surface area contributed by atoms with Gasteiger partial charge in [0.2, 0.25) is 0 Å². The lowest BCUT2D eigenvalue weighted by molar-refractivity contribution is 1.23. The maximum atomic E-state index is 5.57. The van der Waals surface area contributed by atoms with E-state index in [0.29, 0.717) is 5.02 Å². The molecule has 0 amide bonds. The van der Waals surface area contributed by atoms with Gasteiger partial charge in [0.25, 0.3) is 0 Å². The van der Waals surface area contributed by atoms with Gasteiger partial charge in [0.1, 0.15) is 0 Å². The van der Waals surface area contributed by atoms with Gasteiger partial charge >= 0.3 is 0 Å². The lowest BCUT2D eigenvalue weighted by atomic mass is 10.3. The van der Waals surface area contributed by atoms with Crippen molar-refractivity contribution in [3.63, 3.8) is 0 Å². The van der Waals surface area contributed by atoms with Crippen LogP contribution in [0.3, 0.4) is 0 Å². The molecule has 1 aromatic heterocycles. The van der Waals surface area contributed by atoms with Crippen molar-refractivity contribution in [2.45, 2.75) is 0 Å². The first-order valence-electron chi connectivity index (χ1n) is 2.57. The molecule has 0 fully saturated rings. The Hall–Kier alpha value is -0.690. The Kier molecular flexibility index (Phi) is 1.96. The summed E-state index contributed by atoms with van der Waals surface area (Å²) in [7, 11) is 0. The largest absolute Gasteiger partial charge is 0.230 e. The van der Waals surface area contributed by atoms with Crippen LogP contribution in [-0.4, -0.2) is 4.98 Å². The molecule has 0 unspecified atom stereocenters. The molecule has 0 N–H and O–H groups in total. The molecule has 0 aromatic carbocycles. The molecular weight excluding hydrogens is 134 g/mol. The molecule has 0 aliphatic carbocycles. The second kappa shape index (κ2) is 2.74. The third-order valence-corrected chi connectivity index (χ3v) is 1.18. The van der Waals surface area contributed by atoms with Crippen molar-refractivity contribution in [3.8, 4) is 0 Å². The Morgan fingerprint density at radius 3 is 2.78 bits per heavy atom. The van der Waals surface area contributed by atoms with Gasteiger partial charge in [0.15, 0.2) is 5.69 Å². The van der Waals surface area contributed by atoms with E-state index in [1.54, 1.807) is 18.7 Å². The van der Waals surface area contributed by atoms with Gasteiger partial charge in [-0.05, 0) is 0 Å². The average molecular weight is 140 g/mol. The van der Waals surface area contributed by atoms with Crippen LogP contribution in [0.2, 0.25) is 5.02 Å². The maximum Gasteiger partial charge on any atom is 0.187 e. The summed E-state index contributed by atoms with van der Waals surface area (Å²) in [6.07, 6.45) is 3.27. The van der Waals surface area contributed by atoms with Crippen molar-refractivity contribution < 1.29 is 0 Å². The van der Waals surface area contributed by atoms with Gasteiger partial charge in [-0.2, -0.15) is 0 Å². The fourth-order valence-electron chi connectivity index (χ4n) is 0.508. The van der Waals surface area contributed by atoms with Crippen molar-refractivity contribution in [2.24, 2.45) is 0 Å². The quantitative estimate of drug-likeness (QED) is 0.543. The maximum absolute atomic E-state index is 5.57. The summed E-state index contributed by atoms with van der Waals surface area (Å²) in [5.41, 5.74) is 0.847. The topological polar surface area (TPSA) is 12.9 Å². The molecule has 46 valence electrons. The van der Waals surface area contributed by atoms with Gasteiger partial charge < -0.3 is 0 Å². The van der Waals surface area contributed by atoms with E-state index in [1.807, 2.05) is 6.07 Å². The minimum Gasteiger partial charge on any atom is -0.230 e. The van der Waals surface area contributed by atoms with E-state index in [1.165, 1.54) is 0 Å². The molecule has 0 aliphatic heterocycles. The van der Waals surface area contributed by atoms with Crippen LogP contribution in [-0.2, 0) is 0 Å². The molecule has 1 aromatic rings. The molecule has 1 rings (SSSR count). The standard InChI is InChI=1S/C7H6ClN/c1-2-7-4-3-6(8)5-9-7/h2-5H,1H2. The highest BCUT2D eigenvalue weighted by atomic mass is 35.5. The lowest BCUT2D eigenvalue weighted by Crippen LogP contribution is -1.81.